The van der Waals surface area contributed by atoms with Gasteiger partial charge < -0.3 is 9.47 Å². The number of ether oxygens (including phenoxy) is 2. The second-order valence-corrected chi connectivity index (χ2v) is 2.07. The summed E-state index contributed by atoms with van der Waals surface area (Å²) in [4.78, 5) is 11.0. The number of aldehydes is 1. The summed E-state index contributed by atoms with van der Waals surface area (Å²) in [5, 5.41) is 0. The van der Waals surface area contributed by atoms with E-state index in [1.807, 2.05) is 0 Å². The van der Waals surface area contributed by atoms with Crippen molar-refractivity contribution in [3.8, 4) is 11.5 Å². The zero-order chi connectivity index (χ0) is 17.3. The molecule has 0 fully saturated rings. The summed E-state index contributed by atoms with van der Waals surface area (Å²) in [6.07, 6.45) is -1.14. The SMILES string of the molecule is [2H]C(=O)c1ccc(OC([2H])([2H])[2H])c(OC([2H])([2H])C([2H])([2H])[2H])c1. The molecule has 0 amide bonds. The van der Waals surface area contributed by atoms with Crippen LogP contribution in [0.3, 0.4) is 0 Å². The summed E-state index contributed by atoms with van der Waals surface area (Å²) in [5.74, 6) is -1.08. The van der Waals surface area contributed by atoms with Crippen molar-refractivity contribution in [2.24, 2.45) is 0 Å². The van der Waals surface area contributed by atoms with Crippen molar-refractivity contribution in [1.82, 2.24) is 0 Å². The van der Waals surface area contributed by atoms with Crippen LogP contribution in [-0.4, -0.2) is 19.9 Å². The Labute approximate surface area is 89.9 Å². The van der Waals surface area contributed by atoms with Gasteiger partial charge in [-0.05, 0) is 25.1 Å². The lowest BCUT2D eigenvalue weighted by molar-refractivity contribution is 0.112. The highest BCUT2D eigenvalue weighted by atomic mass is 16.5. The molecule has 0 bridgehead atoms. The molecule has 0 aliphatic rings. The van der Waals surface area contributed by atoms with Crippen LogP contribution < -0.4 is 9.47 Å². The predicted octanol–water partition coefficient (Wildman–Crippen LogP) is 1.91. The zero-order valence-electron chi connectivity index (χ0n) is 15.5. The maximum Gasteiger partial charge on any atom is 0.161 e. The lowest BCUT2D eigenvalue weighted by Gasteiger charge is -2.08. The van der Waals surface area contributed by atoms with E-state index in [1.165, 1.54) is 0 Å². The largest absolute Gasteiger partial charge is 0.493 e. The van der Waals surface area contributed by atoms with Gasteiger partial charge in [0.1, 0.15) is 7.63 Å². The van der Waals surface area contributed by atoms with E-state index in [0.29, 0.717) is 0 Å². The first-order valence-electron chi connectivity index (χ1n) is 7.76. The molecule has 3 nitrogen and oxygen atoms in total. The first kappa shape index (κ1) is 3.01. The number of hydrogen-bond donors (Lipinski definition) is 0. The molecule has 0 heterocycles. The van der Waals surface area contributed by atoms with Gasteiger partial charge in [-0.1, -0.05) is 0 Å². The Morgan fingerprint density at radius 2 is 2.62 bits per heavy atom. The summed E-state index contributed by atoms with van der Waals surface area (Å²) in [5.41, 5.74) is -0.241. The summed E-state index contributed by atoms with van der Waals surface area (Å²) in [6, 6.07) is 2.91. The number of methoxy groups -OCH3 is 1. The molecule has 13 heavy (non-hydrogen) atoms. The van der Waals surface area contributed by atoms with Gasteiger partial charge in [-0.3, -0.25) is 4.79 Å². The highest BCUT2D eigenvalue weighted by Gasteiger charge is 2.03. The molecule has 0 atom stereocenters. The van der Waals surface area contributed by atoms with E-state index in [4.69, 9.17) is 17.1 Å². The molecule has 70 valence electrons. The second-order valence-electron chi connectivity index (χ2n) is 2.07. The standard InChI is InChI=1S/C10H12O3/c1-3-13-10-6-8(7-11)4-5-9(10)12-2/h4-7H,3H2,1-2H3/i1D3,2D3,3D2,7D. The highest BCUT2D eigenvalue weighted by Crippen LogP contribution is 2.27. The second kappa shape index (κ2) is 4.50. The van der Waals surface area contributed by atoms with Crippen LogP contribution in [0.5, 0.6) is 11.5 Å². The van der Waals surface area contributed by atoms with E-state index in [2.05, 4.69) is 4.74 Å². The molecule has 1 aromatic rings. The molecule has 0 saturated heterocycles. The summed E-state index contributed by atoms with van der Waals surface area (Å²) in [7, 11) is -2.89. The van der Waals surface area contributed by atoms with E-state index >= 15 is 0 Å². The Bertz CT molecular complexity index is 562. The third-order valence-electron chi connectivity index (χ3n) is 1.33. The number of hydrogen-bond acceptors (Lipinski definition) is 3. The van der Waals surface area contributed by atoms with Crippen LogP contribution in [-0.2, 0) is 0 Å². The lowest BCUT2D eigenvalue weighted by Crippen LogP contribution is -1.96. The van der Waals surface area contributed by atoms with Crippen LogP contribution in [0, 0.1) is 0 Å². The van der Waals surface area contributed by atoms with E-state index in [1.54, 1.807) is 0 Å². The van der Waals surface area contributed by atoms with Crippen LogP contribution in [0.2, 0.25) is 0 Å². The van der Waals surface area contributed by atoms with Crippen molar-refractivity contribution in [3.63, 3.8) is 0 Å². The van der Waals surface area contributed by atoms with E-state index in [0.717, 1.165) is 18.2 Å². The van der Waals surface area contributed by atoms with Gasteiger partial charge in [-0.25, -0.2) is 0 Å². The maximum absolute atomic E-state index is 11.0. The van der Waals surface area contributed by atoms with E-state index in [-0.39, 0.29) is 5.56 Å². The Kier molecular flexibility index (Phi) is 1.04. The molecule has 1 aromatic carbocycles. The number of carbonyl (C=O) groups excluding carboxylic acids is 1. The highest BCUT2D eigenvalue weighted by molar-refractivity contribution is 5.76. The Balaban J connectivity index is 3.29. The van der Waals surface area contributed by atoms with Gasteiger partial charge in [0, 0.05) is 9.68 Å². The minimum atomic E-state index is -3.16. The fourth-order valence-electron chi connectivity index (χ4n) is 0.791. The monoisotopic (exact) mass is 189 g/mol. The Morgan fingerprint density at radius 1 is 1.69 bits per heavy atom. The number of carbonyl (C=O) groups is 1. The first-order valence-corrected chi connectivity index (χ1v) is 3.26. The van der Waals surface area contributed by atoms with Gasteiger partial charge in [-0.2, -0.15) is 0 Å². The van der Waals surface area contributed by atoms with Gasteiger partial charge in [0.2, 0.25) is 0 Å². The number of rotatable bonds is 4. The lowest BCUT2D eigenvalue weighted by atomic mass is 10.2. The Morgan fingerprint density at radius 3 is 3.31 bits per heavy atom. The van der Waals surface area contributed by atoms with Crippen LogP contribution >= 0.6 is 0 Å². The quantitative estimate of drug-likeness (QED) is 0.679. The van der Waals surface area contributed by atoms with Crippen molar-refractivity contribution < 1.29 is 26.6 Å². The third kappa shape index (κ3) is 2.21. The molecule has 3 heteroatoms. The molecule has 1 rings (SSSR count). The van der Waals surface area contributed by atoms with E-state index in [9.17, 15) is 4.79 Å². The van der Waals surface area contributed by atoms with Gasteiger partial charge in [-0.15, -0.1) is 0 Å². The molecular weight excluding hydrogens is 168 g/mol. The van der Waals surface area contributed by atoms with Crippen molar-refractivity contribution in [2.45, 2.75) is 6.85 Å². The fraction of sp³-hybridized carbons (Fsp3) is 0.300. The van der Waals surface area contributed by atoms with Crippen LogP contribution in [0.4, 0.5) is 0 Å². The molecule has 0 spiro atoms. The summed E-state index contributed by atoms with van der Waals surface area (Å²) in [6.45, 7) is -6.31. The van der Waals surface area contributed by atoms with Crippen molar-refractivity contribution >= 4 is 6.26 Å². The van der Waals surface area contributed by atoms with Crippen molar-refractivity contribution in [2.75, 3.05) is 13.6 Å². The molecule has 0 aliphatic carbocycles. The van der Waals surface area contributed by atoms with Gasteiger partial charge >= 0.3 is 0 Å². The average Bonchev–Trinajstić information content (AvgIpc) is 2.27. The van der Waals surface area contributed by atoms with Gasteiger partial charge in [0.05, 0.1) is 20.5 Å². The first-order chi connectivity index (χ1) is 9.73. The van der Waals surface area contributed by atoms with Crippen molar-refractivity contribution in [3.05, 3.63) is 23.8 Å². The minimum Gasteiger partial charge on any atom is -0.493 e. The smallest absolute Gasteiger partial charge is 0.161 e. The molecule has 0 saturated carbocycles. The molecule has 0 unspecified atom stereocenters. The van der Waals surface area contributed by atoms with Crippen LogP contribution in [0.1, 0.15) is 29.5 Å². The third-order valence-corrected chi connectivity index (χ3v) is 1.33. The van der Waals surface area contributed by atoms with Gasteiger partial charge in [0.25, 0.3) is 0 Å². The van der Waals surface area contributed by atoms with Crippen LogP contribution in [0.25, 0.3) is 0 Å². The van der Waals surface area contributed by atoms with Crippen LogP contribution in [0.15, 0.2) is 18.2 Å². The van der Waals surface area contributed by atoms with Crippen molar-refractivity contribution in [1.29, 1.82) is 0 Å². The normalized spacial score (nSPS) is 22.6. The maximum atomic E-state index is 11.0. The molecule has 0 aromatic heterocycles. The minimum absolute atomic E-state index is 0.241. The molecular formula is C10H12O3. The summed E-state index contributed by atoms with van der Waals surface area (Å²) < 4.78 is 73.2. The molecule has 0 radical (unpaired) electrons. The zero-order valence-corrected chi connectivity index (χ0v) is 6.46. The molecule has 0 aliphatic heterocycles. The average molecular weight is 189 g/mol. The number of benzene rings is 1. The molecule has 0 N–H and O–H groups in total. The predicted molar refractivity (Wildman–Crippen MR) is 49.6 cm³/mol. The fourth-order valence-corrected chi connectivity index (χ4v) is 0.791. The Hall–Kier alpha value is -1.51. The topological polar surface area (TPSA) is 35.5 Å². The summed E-state index contributed by atoms with van der Waals surface area (Å²) >= 11 is 0. The van der Waals surface area contributed by atoms with E-state index < -0.39 is 38.2 Å². The van der Waals surface area contributed by atoms with Gasteiger partial charge in [0.15, 0.2) is 11.5 Å².